The van der Waals surface area contributed by atoms with E-state index >= 15 is 0 Å². The number of carbonyl (C=O) groups is 1. The van der Waals surface area contributed by atoms with Crippen LogP contribution in [0.5, 0.6) is 0 Å². The molecule has 8 nitrogen and oxygen atoms in total. The summed E-state index contributed by atoms with van der Waals surface area (Å²) in [6.45, 7) is 4.31. The van der Waals surface area contributed by atoms with Crippen LogP contribution in [0.15, 0.2) is 28.8 Å². The number of nitrogens with one attached hydrogen (secondary N) is 1. The first-order chi connectivity index (χ1) is 12.4. The molecule has 140 valence electrons. The molecule has 0 unspecified atom stereocenters. The minimum atomic E-state index is -3.05. The van der Waals surface area contributed by atoms with Crippen molar-refractivity contribution in [3.8, 4) is 11.4 Å². The van der Waals surface area contributed by atoms with Crippen LogP contribution in [0.1, 0.15) is 24.8 Å². The van der Waals surface area contributed by atoms with Gasteiger partial charge in [-0.15, -0.1) is 0 Å². The summed E-state index contributed by atoms with van der Waals surface area (Å²) in [6.07, 6.45) is 0.474. The lowest BCUT2D eigenvalue weighted by atomic mass is 10.1. The Labute approximate surface area is 152 Å². The number of carbonyl (C=O) groups excluding carboxylic acids is 1. The lowest BCUT2D eigenvalue weighted by Gasteiger charge is -2.26. The number of sulfone groups is 1. The molecule has 0 aliphatic carbocycles. The number of urea groups is 1. The molecule has 3 rings (SSSR count). The largest absolute Gasteiger partial charge is 0.337 e. The molecule has 1 fully saturated rings. The van der Waals surface area contributed by atoms with E-state index in [9.17, 15) is 13.2 Å². The molecule has 1 aliphatic heterocycles. The van der Waals surface area contributed by atoms with Crippen molar-refractivity contribution in [2.45, 2.75) is 32.9 Å². The normalized spacial score (nSPS) is 18.6. The zero-order chi connectivity index (χ0) is 18.7. The maximum absolute atomic E-state index is 12.4. The minimum Gasteiger partial charge on any atom is -0.337 e. The van der Waals surface area contributed by atoms with Crippen LogP contribution in [-0.4, -0.2) is 53.6 Å². The zero-order valence-electron chi connectivity index (χ0n) is 14.8. The predicted molar refractivity (Wildman–Crippen MR) is 96.1 cm³/mol. The molecule has 1 atom stereocenters. The lowest BCUT2D eigenvalue weighted by Crippen LogP contribution is -2.46. The Morgan fingerprint density at radius 1 is 1.38 bits per heavy atom. The highest BCUT2D eigenvalue weighted by atomic mass is 32.2. The van der Waals surface area contributed by atoms with E-state index in [4.69, 9.17) is 4.52 Å². The topological polar surface area (TPSA) is 105 Å². The van der Waals surface area contributed by atoms with Crippen molar-refractivity contribution in [2.75, 3.05) is 18.1 Å². The fraction of sp³-hybridized carbons (Fsp3) is 0.471. The fourth-order valence-corrected chi connectivity index (χ4v) is 4.83. The molecule has 1 aromatic heterocycles. The molecular formula is C17H22N4O4S. The van der Waals surface area contributed by atoms with Crippen LogP contribution in [0.4, 0.5) is 4.79 Å². The van der Waals surface area contributed by atoms with Crippen LogP contribution >= 0.6 is 0 Å². The zero-order valence-corrected chi connectivity index (χ0v) is 15.6. The highest BCUT2D eigenvalue weighted by Gasteiger charge is 2.33. The van der Waals surface area contributed by atoms with Crippen molar-refractivity contribution in [3.05, 3.63) is 35.7 Å². The van der Waals surface area contributed by atoms with Crippen LogP contribution in [0, 0.1) is 6.92 Å². The predicted octanol–water partition coefficient (Wildman–Crippen LogP) is 1.76. The minimum absolute atomic E-state index is 0.0201. The number of nitrogens with zero attached hydrogens (tertiary/aromatic N) is 3. The molecule has 0 saturated carbocycles. The van der Waals surface area contributed by atoms with Gasteiger partial charge in [0.05, 0.1) is 18.1 Å². The molecule has 2 heterocycles. The average molecular weight is 378 g/mol. The number of hydrogen-bond acceptors (Lipinski definition) is 6. The van der Waals surface area contributed by atoms with E-state index < -0.39 is 9.84 Å². The van der Waals surface area contributed by atoms with Gasteiger partial charge in [-0.05, 0) is 25.8 Å². The first-order valence-electron chi connectivity index (χ1n) is 8.53. The lowest BCUT2D eigenvalue weighted by molar-refractivity contribution is 0.182. The molecule has 1 saturated heterocycles. The second kappa shape index (κ2) is 7.45. The summed E-state index contributed by atoms with van der Waals surface area (Å²) >= 11 is 0. The highest BCUT2D eigenvalue weighted by molar-refractivity contribution is 7.91. The van der Waals surface area contributed by atoms with E-state index in [1.807, 2.05) is 38.1 Å². The Bertz CT molecular complexity index is 894. The van der Waals surface area contributed by atoms with Gasteiger partial charge in [-0.25, -0.2) is 13.2 Å². The summed E-state index contributed by atoms with van der Waals surface area (Å²) in [6, 6.07) is 7.09. The maximum Gasteiger partial charge on any atom is 0.318 e. The summed E-state index contributed by atoms with van der Waals surface area (Å²) in [5.74, 6) is 0.922. The van der Waals surface area contributed by atoms with Crippen LogP contribution in [0.3, 0.4) is 0 Å². The number of aromatic nitrogens is 2. The summed E-state index contributed by atoms with van der Waals surface area (Å²) in [7, 11) is -3.05. The summed E-state index contributed by atoms with van der Waals surface area (Å²) in [5, 5.41) is 6.69. The number of amides is 2. The standard InChI is InChI=1S/C17H22N4O4S/c1-3-21(13-8-9-26(23,24)11-13)17(22)18-10-15-19-16(20-25-15)14-7-5-4-6-12(14)2/h4-7,13H,3,8-11H2,1-2H3,(H,18,22)/t13-/m1/s1. The molecular weight excluding hydrogens is 356 g/mol. The number of benzene rings is 1. The van der Waals surface area contributed by atoms with Gasteiger partial charge in [0.1, 0.15) is 0 Å². The molecule has 0 spiro atoms. The molecule has 9 heteroatoms. The van der Waals surface area contributed by atoms with Crippen molar-refractivity contribution in [2.24, 2.45) is 0 Å². The molecule has 2 aromatic rings. The summed E-state index contributed by atoms with van der Waals surface area (Å²) in [5.41, 5.74) is 1.91. The van der Waals surface area contributed by atoms with E-state index in [1.165, 1.54) is 0 Å². The number of hydrogen-bond donors (Lipinski definition) is 1. The first-order valence-corrected chi connectivity index (χ1v) is 10.3. The molecule has 1 aromatic carbocycles. The van der Waals surface area contributed by atoms with E-state index in [0.29, 0.717) is 24.7 Å². The number of aryl methyl sites for hydroxylation is 1. The Kier molecular flexibility index (Phi) is 5.26. The monoisotopic (exact) mass is 378 g/mol. The van der Waals surface area contributed by atoms with E-state index in [-0.39, 0.29) is 30.1 Å². The average Bonchev–Trinajstić information content (AvgIpc) is 3.21. The molecule has 0 bridgehead atoms. The van der Waals surface area contributed by atoms with Gasteiger partial charge in [0, 0.05) is 18.2 Å². The van der Waals surface area contributed by atoms with Gasteiger partial charge in [0.15, 0.2) is 9.84 Å². The second-order valence-corrected chi connectivity index (χ2v) is 8.56. The van der Waals surface area contributed by atoms with Crippen molar-refractivity contribution in [1.82, 2.24) is 20.4 Å². The van der Waals surface area contributed by atoms with Gasteiger partial charge < -0.3 is 14.7 Å². The smallest absolute Gasteiger partial charge is 0.318 e. The van der Waals surface area contributed by atoms with Crippen molar-refractivity contribution in [3.63, 3.8) is 0 Å². The van der Waals surface area contributed by atoms with Gasteiger partial charge >= 0.3 is 6.03 Å². The molecule has 2 amide bonds. The van der Waals surface area contributed by atoms with Gasteiger partial charge in [-0.3, -0.25) is 0 Å². The first kappa shape index (κ1) is 18.4. The van der Waals surface area contributed by atoms with Crippen LogP contribution in [0.2, 0.25) is 0 Å². The number of rotatable bonds is 5. The summed E-state index contributed by atoms with van der Waals surface area (Å²) < 4.78 is 28.5. The Morgan fingerprint density at radius 2 is 2.15 bits per heavy atom. The quantitative estimate of drug-likeness (QED) is 0.850. The van der Waals surface area contributed by atoms with Crippen LogP contribution < -0.4 is 5.32 Å². The van der Waals surface area contributed by atoms with E-state index in [2.05, 4.69) is 15.5 Å². The fourth-order valence-electron chi connectivity index (χ4n) is 3.10. The van der Waals surface area contributed by atoms with Crippen molar-refractivity contribution < 1.29 is 17.7 Å². The highest BCUT2D eigenvalue weighted by Crippen LogP contribution is 2.20. The molecule has 1 aliphatic rings. The molecule has 26 heavy (non-hydrogen) atoms. The van der Waals surface area contributed by atoms with Gasteiger partial charge in [0.2, 0.25) is 11.7 Å². The molecule has 0 radical (unpaired) electrons. The summed E-state index contributed by atoms with van der Waals surface area (Å²) in [4.78, 5) is 18.3. The third-order valence-corrected chi connectivity index (χ3v) is 6.25. The third kappa shape index (κ3) is 4.04. The third-order valence-electron chi connectivity index (χ3n) is 4.50. The Hall–Kier alpha value is -2.42. The SMILES string of the molecule is CCN(C(=O)NCc1nc(-c2ccccc2C)no1)[C@@H]1CCS(=O)(=O)C1. The van der Waals surface area contributed by atoms with Gasteiger partial charge in [-0.2, -0.15) is 4.98 Å². The maximum atomic E-state index is 12.4. The van der Waals surface area contributed by atoms with Crippen molar-refractivity contribution >= 4 is 15.9 Å². The van der Waals surface area contributed by atoms with Gasteiger partial charge in [-0.1, -0.05) is 29.4 Å². The Morgan fingerprint density at radius 3 is 2.81 bits per heavy atom. The molecule has 1 N–H and O–H groups in total. The Balaban J connectivity index is 1.62. The van der Waals surface area contributed by atoms with Gasteiger partial charge in [0.25, 0.3) is 0 Å². The van der Waals surface area contributed by atoms with Crippen LogP contribution in [-0.2, 0) is 16.4 Å². The van der Waals surface area contributed by atoms with Crippen LogP contribution in [0.25, 0.3) is 11.4 Å². The van der Waals surface area contributed by atoms with Crippen molar-refractivity contribution in [1.29, 1.82) is 0 Å². The van der Waals surface area contributed by atoms with E-state index in [0.717, 1.165) is 11.1 Å². The second-order valence-electron chi connectivity index (χ2n) is 6.33. The van der Waals surface area contributed by atoms with E-state index in [1.54, 1.807) is 4.90 Å².